The molecule has 0 N–H and O–H groups in total. The van der Waals surface area contributed by atoms with Gasteiger partial charge in [0.25, 0.3) is 0 Å². The Kier molecular flexibility index (Phi) is 6.06. The highest BCUT2D eigenvalue weighted by atomic mass is 32.2. The first-order chi connectivity index (χ1) is 11.5. The molecule has 0 saturated carbocycles. The number of nitrogens with zero attached hydrogens (tertiary/aromatic N) is 1. The predicted octanol–water partition coefficient (Wildman–Crippen LogP) is 2.11. The first-order valence-corrected chi connectivity index (χ1v) is 11.5. The number of sulfonamides is 1. The lowest BCUT2D eigenvalue weighted by molar-refractivity contribution is 0.101. The van der Waals surface area contributed by atoms with E-state index in [1.165, 1.54) is 23.4 Å². The minimum Gasteiger partial charge on any atom is -0.295 e. The predicted molar refractivity (Wildman–Crippen MR) is 96.9 cm³/mol. The molecule has 2 rings (SSSR count). The number of carbonyl (C=O) groups is 1. The van der Waals surface area contributed by atoms with Crippen LogP contribution in [0.2, 0.25) is 0 Å². The lowest BCUT2D eigenvalue weighted by Gasteiger charge is -2.31. The summed E-state index contributed by atoms with van der Waals surface area (Å²) in [6.45, 7) is 5.46. The molecule has 1 aromatic rings. The molecule has 1 aromatic carbocycles. The maximum absolute atomic E-state index is 12.8. The van der Waals surface area contributed by atoms with Crippen LogP contribution in [0.4, 0.5) is 0 Å². The van der Waals surface area contributed by atoms with Gasteiger partial charge in [-0.1, -0.05) is 26.0 Å². The zero-order valence-corrected chi connectivity index (χ0v) is 16.4. The Balaban J connectivity index is 2.14. The highest BCUT2D eigenvalue weighted by molar-refractivity contribution is 7.92. The number of rotatable bonds is 6. The molecule has 0 spiro atoms. The molecule has 140 valence electrons. The van der Waals surface area contributed by atoms with Crippen LogP contribution in [-0.4, -0.2) is 51.0 Å². The smallest absolute Gasteiger partial charge is 0.243 e. The molecule has 0 radical (unpaired) electrons. The van der Waals surface area contributed by atoms with Crippen molar-refractivity contribution in [3.8, 4) is 0 Å². The number of Topliss-reactive ketones (excluding diaryl/α,β-unsaturated/α-hetero) is 1. The Morgan fingerprint density at radius 2 is 1.76 bits per heavy atom. The second-order valence-corrected chi connectivity index (χ2v) is 11.2. The molecule has 1 heterocycles. The number of sulfone groups is 1. The number of benzene rings is 1. The fraction of sp³-hybridized carbons (Fsp3) is 0.588. The van der Waals surface area contributed by atoms with Gasteiger partial charge in [0.2, 0.25) is 10.0 Å². The number of carbonyl (C=O) groups excluding carboxylic acids is 1. The van der Waals surface area contributed by atoms with Gasteiger partial charge < -0.3 is 0 Å². The quantitative estimate of drug-likeness (QED) is 0.698. The zero-order valence-electron chi connectivity index (χ0n) is 14.8. The fourth-order valence-corrected chi connectivity index (χ4v) is 6.70. The molecule has 0 unspecified atom stereocenters. The summed E-state index contributed by atoms with van der Waals surface area (Å²) in [6, 6.07) is 5.96. The van der Waals surface area contributed by atoms with E-state index in [0.717, 1.165) is 0 Å². The van der Waals surface area contributed by atoms with Crippen molar-refractivity contribution in [2.24, 2.45) is 5.92 Å². The largest absolute Gasteiger partial charge is 0.295 e. The third kappa shape index (κ3) is 4.68. The van der Waals surface area contributed by atoms with Crippen LogP contribution < -0.4 is 0 Å². The Bertz CT molecular complexity index is 836. The molecule has 0 aromatic heterocycles. The van der Waals surface area contributed by atoms with Gasteiger partial charge in [0.15, 0.2) is 15.6 Å². The van der Waals surface area contributed by atoms with Crippen LogP contribution in [0.25, 0.3) is 0 Å². The van der Waals surface area contributed by atoms with Gasteiger partial charge in [0.05, 0.1) is 15.9 Å². The molecule has 0 bridgehead atoms. The third-order valence-corrected chi connectivity index (χ3v) is 8.87. The van der Waals surface area contributed by atoms with E-state index in [2.05, 4.69) is 0 Å². The first-order valence-electron chi connectivity index (χ1n) is 8.37. The van der Waals surface area contributed by atoms with E-state index in [1.54, 1.807) is 12.1 Å². The van der Waals surface area contributed by atoms with E-state index in [0.29, 0.717) is 18.4 Å². The molecule has 1 saturated heterocycles. The van der Waals surface area contributed by atoms with Gasteiger partial charge in [-0.3, -0.25) is 4.79 Å². The Hall–Kier alpha value is -1.25. The number of piperidine rings is 1. The summed E-state index contributed by atoms with van der Waals surface area (Å²) in [5.41, 5.74) is 0.343. The van der Waals surface area contributed by atoms with E-state index >= 15 is 0 Å². The van der Waals surface area contributed by atoms with E-state index in [1.807, 2.05) is 13.8 Å². The van der Waals surface area contributed by atoms with Gasteiger partial charge in [-0.2, -0.15) is 4.31 Å². The molecule has 25 heavy (non-hydrogen) atoms. The van der Waals surface area contributed by atoms with Crippen molar-refractivity contribution in [2.75, 3.05) is 18.8 Å². The number of ketones is 1. The molecule has 1 aliphatic heterocycles. The molecular formula is C17H25NO5S2. The van der Waals surface area contributed by atoms with Gasteiger partial charge in [-0.05, 0) is 37.8 Å². The van der Waals surface area contributed by atoms with Crippen LogP contribution in [0.15, 0.2) is 29.2 Å². The van der Waals surface area contributed by atoms with Crippen LogP contribution in [0.3, 0.4) is 0 Å². The van der Waals surface area contributed by atoms with E-state index in [9.17, 15) is 21.6 Å². The van der Waals surface area contributed by atoms with E-state index in [4.69, 9.17) is 0 Å². The second-order valence-electron chi connectivity index (χ2n) is 6.91. The molecular weight excluding hydrogens is 362 g/mol. The maximum Gasteiger partial charge on any atom is 0.243 e. The topological polar surface area (TPSA) is 88.6 Å². The highest BCUT2D eigenvalue weighted by Gasteiger charge is 2.35. The second kappa shape index (κ2) is 7.55. The summed E-state index contributed by atoms with van der Waals surface area (Å²) in [5, 5.41) is -0.482. The Morgan fingerprint density at radius 1 is 1.16 bits per heavy atom. The number of hydrogen-bond donors (Lipinski definition) is 0. The van der Waals surface area contributed by atoms with Gasteiger partial charge in [0.1, 0.15) is 0 Å². The summed E-state index contributed by atoms with van der Waals surface area (Å²) in [4.78, 5) is 11.5. The summed E-state index contributed by atoms with van der Waals surface area (Å²) in [6.07, 6.45) is 0.612. The molecule has 1 fully saturated rings. The summed E-state index contributed by atoms with van der Waals surface area (Å²) >= 11 is 0. The van der Waals surface area contributed by atoms with Crippen molar-refractivity contribution in [1.29, 1.82) is 0 Å². The molecule has 6 nitrogen and oxygen atoms in total. The fourth-order valence-electron chi connectivity index (χ4n) is 3.06. The average Bonchev–Trinajstić information content (AvgIpc) is 2.54. The zero-order chi connectivity index (χ0) is 18.8. The Labute approximate surface area is 150 Å². The van der Waals surface area contributed by atoms with Crippen molar-refractivity contribution in [3.05, 3.63) is 29.8 Å². The lowest BCUT2D eigenvalue weighted by Crippen LogP contribution is -2.43. The summed E-state index contributed by atoms with van der Waals surface area (Å²) in [7, 11) is -6.92. The normalized spacial score (nSPS) is 17.8. The van der Waals surface area contributed by atoms with Crippen LogP contribution in [0.5, 0.6) is 0 Å². The lowest BCUT2D eigenvalue weighted by atomic mass is 10.2. The minimum atomic E-state index is -3.72. The average molecular weight is 388 g/mol. The Morgan fingerprint density at radius 3 is 2.28 bits per heavy atom. The third-order valence-electron chi connectivity index (χ3n) is 4.35. The van der Waals surface area contributed by atoms with Gasteiger partial charge >= 0.3 is 0 Å². The summed E-state index contributed by atoms with van der Waals surface area (Å²) < 4.78 is 51.5. The maximum atomic E-state index is 12.8. The standard InChI is InChI=1S/C17H25NO5S2/c1-13(2)12-24(20,21)16-7-9-18(10-8-16)25(22,23)17-6-4-5-15(11-17)14(3)19/h4-6,11,13,16H,7-10,12H2,1-3H3. The molecule has 8 heteroatoms. The van der Waals surface area contributed by atoms with Crippen molar-refractivity contribution < 1.29 is 21.6 Å². The van der Waals surface area contributed by atoms with Gasteiger partial charge in [-0.15, -0.1) is 0 Å². The highest BCUT2D eigenvalue weighted by Crippen LogP contribution is 2.25. The SMILES string of the molecule is CC(=O)c1cccc(S(=O)(=O)N2CCC(S(=O)(=O)CC(C)C)CC2)c1. The van der Waals surface area contributed by atoms with Crippen LogP contribution >= 0.6 is 0 Å². The van der Waals surface area contributed by atoms with Gasteiger partial charge in [-0.25, -0.2) is 16.8 Å². The van der Waals surface area contributed by atoms with Crippen LogP contribution in [0, 0.1) is 5.92 Å². The molecule has 1 aliphatic rings. The minimum absolute atomic E-state index is 0.0566. The number of hydrogen-bond acceptors (Lipinski definition) is 5. The monoisotopic (exact) mass is 387 g/mol. The van der Waals surface area contributed by atoms with Gasteiger partial charge in [0, 0.05) is 18.7 Å². The van der Waals surface area contributed by atoms with Crippen molar-refractivity contribution >= 4 is 25.6 Å². The van der Waals surface area contributed by atoms with Crippen molar-refractivity contribution in [1.82, 2.24) is 4.31 Å². The first kappa shape index (κ1) is 20.1. The summed E-state index contributed by atoms with van der Waals surface area (Å²) in [5.74, 6) is -0.0120. The molecule has 0 aliphatic carbocycles. The van der Waals surface area contributed by atoms with Crippen molar-refractivity contribution in [3.63, 3.8) is 0 Å². The van der Waals surface area contributed by atoms with E-state index in [-0.39, 0.29) is 35.4 Å². The molecule has 0 atom stereocenters. The van der Waals surface area contributed by atoms with Crippen LogP contribution in [0.1, 0.15) is 44.0 Å². The van der Waals surface area contributed by atoms with Crippen LogP contribution in [-0.2, 0) is 19.9 Å². The van der Waals surface area contributed by atoms with E-state index < -0.39 is 25.1 Å². The van der Waals surface area contributed by atoms with Crippen molar-refractivity contribution in [2.45, 2.75) is 43.8 Å². The molecule has 0 amide bonds.